The molecule has 0 saturated carbocycles. The van der Waals surface area contributed by atoms with Gasteiger partial charge in [-0.25, -0.2) is 0 Å². The highest BCUT2D eigenvalue weighted by Gasteiger charge is 2.33. The van der Waals surface area contributed by atoms with Crippen molar-refractivity contribution in [2.24, 2.45) is 5.92 Å². The Morgan fingerprint density at radius 3 is 2.24 bits per heavy atom. The average molecular weight is 245 g/mol. The molecule has 0 aromatic heterocycles. The minimum atomic E-state index is -0.917. The number of hydrogen-bond acceptors (Lipinski definition) is 3. The van der Waals surface area contributed by atoms with Crippen molar-refractivity contribution in [2.75, 3.05) is 7.11 Å². The Balaban J connectivity index is 4.65. The van der Waals surface area contributed by atoms with E-state index in [0.29, 0.717) is 6.42 Å². The van der Waals surface area contributed by atoms with Crippen molar-refractivity contribution in [2.45, 2.75) is 52.2 Å². The van der Waals surface area contributed by atoms with Crippen LogP contribution in [0.15, 0.2) is 0 Å². The summed E-state index contributed by atoms with van der Waals surface area (Å²) in [6, 6.07) is -0.374. The number of amides is 1. The summed E-state index contributed by atoms with van der Waals surface area (Å²) in [5.41, 5.74) is -0.897. The summed E-state index contributed by atoms with van der Waals surface area (Å²) in [5, 5.41) is 11.5. The number of carboxylic acids is 1. The van der Waals surface area contributed by atoms with Crippen molar-refractivity contribution < 1.29 is 19.4 Å². The maximum atomic E-state index is 12.0. The van der Waals surface area contributed by atoms with E-state index in [-0.39, 0.29) is 24.3 Å². The van der Waals surface area contributed by atoms with Gasteiger partial charge in [-0.15, -0.1) is 0 Å². The largest absolute Gasteiger partial charge is 0.481 e. The van der Waals surface area contributed by atoms with Gasteiger partial charge in [-0.2, -0.15) is 0 Å². The third kappa shape index (κ3) is 4.73. The monoisotopic (exact) mass is 245 g/mol. The minimum Gasteiger partial charge on any atom is -0.481 e. The number of carboxylic acid groups (broad SMARTS) is 1. The number of carbonyl (C=O) groups is 2. The van der Waals surface area contributed by atoms with Crippen LogP contribution in [-0.4, -0.2) is 35.7 Å². The Bertz CT molecular complexity index is 272. The molecule has 1 amide bonds. The van der Waals surface area contributed by atoms with E-state index in [2.05, 4.69) is 5.32 Å². The van der Waals surface area contributed by atoms with E-state index in [1.165, 1.54) is 7.11 Å². The van der Waals surface area contributed by atoms with E-state index in [4.69, 9.17) is 9.84 Å². The van der Waals surface area contributed by atoms with Crippen molar-refractivity contribution in [3.63, 3.8) is 0 Å². The van der Waals surface area contributed by atoms with E-state index >= 15 is 0 Å². The molecule has 0 bridgehead atoms. The molecule has 0 aliphatic heterocycles. The lowest BCUT2D eigenvalue weighted by Crippen LogP contribution is -2.51. The number of aliphatic carboxylic acids is 1. The maximum Gasteiger partial charge on any atom is 0.305 e. The summed E-state index contributed by atoms with van der Waals surface area (Å²) < 4.78 is 5.17. The zero-order valence-electron chi connectivity index (χ0n) is 11.2. The second-order valence-electron chi connectivity index (χ2n) is 4.71. The van der Waals surface area contributed by atoms with Crippen LogP contribution in [0, 0.1) is 5.92 Å². The highest BCUT2D eigenvalue weighted by molar-refractivity contribution is 5.85. The predicted molar refractivity (Wildman–Crippen MR) is 64.7 cm³/mol. The van der Waals surface area contributed by atoms with Gasteiger partial charge in [-0.1, -0.05) is 20.8 Å². The van der Waals surface area contributed by atoms with Crippen LogP contribution in [0.2, 0.25) is 0 Å². The quantitative estimate of drug-likeness (QED) is 0.711. The molecule has 17 heavy (non-hydrogen) atoms. The molecule has 0 rings (SSSR count). The average Bonchev–Trinajstić information content (AvgIpc) is 2.26. The summed E-state index contributed by atoms with van der Waals surface area (Å²) >= 11 is 0. The van der Waals surface area contributed by atoms with Crippen LogP contribution in [0.1, 0.15) is 40.5 Å². The van der Waals surface area contributed by atoms with Gasteiger partial charge in [0, 0.05) is 13.2 Å². The van der Waals surface area contributed by atoms with Gasteiger partial charge in [0.05, 0.1) is 6.42 Å². The summed E-state index contributed by atoms with van der Waals surface area (Å²) in [5.74, 6) is -1.12. The molecule has 0 aromatic rings. The first kappa shape index (κ1) is 15.9. The topological polar surface area (TPSA) is 75.6 Å². The molecule has 5 nitrogen and oxygen atoms in total. The summed E-state index contributed by atoms with van der Waals surface area (Å²) in [6.07, 6.45) is 0.458. The maximum absolute atomic E-state index is 12.0. The summed E-state index contributed by atoms with van der Waals surface area (Å²) in [7, 11) is 1.48. The van der Waals surface area contributed by atoms with Crippen molar-refractivity contribution >= 4 is 11.9 Å². The standard InChI is InChI=1S/C12H23NO4/c1-6-12(4,17-5)11(16)13-9(8(2)3)7-10(14)15/h8-9H,6-7H2,1-5H3,(H,13,16)(H,14,15). The highest BCUT2D eigenvalue weighted by Crippen LogP contribution is 2.16. The fraction of sp³-hybridized carbons (Fsp3) is 0.833. The van der Waals surface area contributed by atoms with E-state index in [1.54, 1.807) is 6.92 Å². The van der Waals surface area contributed by atoms with Gasteiger partial charge in [0.2, 0.25) is 0 Å². The molecule has 2 N–H and O–H groups in total. The van der Waals surface area contributed by atoms with Crippen LogP contribution in [0.4, 0.5) is 0 Å². The highest BCUT2D eigenvalue weighted by atomic mass is 16.5. The zero-order chi connectivity index (χ0) is 13.6. The number of hydrogen-bond donors (Lipinski definition) is 2. The lowest BCUT2D eigenvalue weighted by molar-refractivity contribution is -0.144. The lowest BCUT2D eigenvalue weighted by Gasteiger charge is -2.29. The van der Waals surface area contributed by atoms with E-state index in [0.717, 1.165) is 0 Å². The molecule has 0 heterocycles. The second-order valence-corrected chi connectivity index (χ2v) is 4.71. The number of carbonyl (C=O) groups excluding carboxylic acids is 1. The van der Waals surface area contributed by atoms with Crippen LogP contribution in [0.5, 0.6) is 0 Å². The van der Waals surface area contributed by atoms with Gasteiger partial charge in [0.1, 0.15) is 5.60 Å². The molecular formula is C12H23NO4. The van der Waals surface area contributed by atoms with Crippen molar-refractivity contribution in [1.29, 1.82) is 0 Å². The fourth-order valence-corrected chi connectivity index (χ4v) is 1.36. The SMILES string of the molecule is CCC(C)(OC)C(=O)NC(CC(=O)O)C(C)C. The Morgan fingerprint density at radius 2 is 1.94 bits per heavy atom. The number of nitrogens with one attached hydrogen (secondary N) is 1. The first-order valence-corrected chi connectivity index (χ1v) is 5.84. The molecule has 0 fully saturated rings. The predicted octanol–water partition coefficient (Wildman–Crippen LogP) is 1.42. The molecule has 0 spiro atoms. The molecule has 0 radical (unpaired) electrons. The van der Waals surface area contributed by atoms with Gasteiger partial charge >= 0.3 is 5.97 Å². The fourth-order valence-electron chi connectivity index (χ4n) is 1.36. The van der Waals surface area contributed by atoms with E-state index in [1.807, 2.05) is 20.8 Å². The normalized spacial score (nSPS) is 16.4. The summed E-state index contributed by atoms with van der Waals surface area (Å²) in [4.78, 5) is 22.7. The van der Waals surface area contributed by atoms with Gasteiger partial charge in [-0.3, -0.25) is 9.59 Å². The zero-order valence-corrected chi connectivity index (χ0v) is 11.2. The third-order valence-electron chi connectivity index (χ3n) is 3.12. The van der Waals surface area contributed by atoms with Gasteiger partial charge in [0.15, 0.2) is 0 Å². The van der Waals surface area contributed by atoms with Crippen molar-refractivity contribution in [3.8, 4) is 0 Å². The van der Waals surface area contributed by atoms with Gasteiger partial charge < -0.3 is 15.2 Å². The minimum absolute atomic E-state index is 0.0630. The van der Waals surface area contributed by atoms with Crippen LogP contribution in [-0.2, 0) is 14.3 Å². The van der Waals surface area contributed by atoms with Crippen LogP contribution >= 0.6 is 0 Å². The molecule has 0 aliphatic carbocycles. The van der Waals surface area contributed by atoms with Gasteiger partial charge in [-0.05, 0) is 19.3 Å². The van der Waals surface area contributed by atoms with Crippen LogP contribution in [0.25, 0.3) is 0 Å². The summed E-state index contributed by atoms with van der Waals surface area (Å²) in [6.45, 7) is 7.30. The lowest BCUT2D eigenvalue weighted by atomic mass is 9.97. The van der Waals surface area contributed by atoms with E-state index < -0.39 is 11.6 Å². The third-order valence-corrected chi connectivity index (χ3v) is 3.12. The molecule has 0 aromatic carbocycles. The first-order chi connectivity index (χ1) is 7.76. The Kier molecular flexibility index (Phi) is 6.16. The molecule has 0 saturated heterocycles. The molecular weight excluding hydrogens is 222 g/mol. The Morgan fingerprint density at radius 1 is 1.41 bits per heavy atom. The number of methoxy groups -OCH3 is 1. The van der Waals surface area contributed by atoms with Crippen LogP contribution in [0.3, 0.4) is 0 Å². The second kappa shape index (κ2) is 6.59. The van der Waals surface area contributed by atoms with E-state index in [9.17, 15) is 9.59 Å². The molecule has 0 aliphatic rings. The Labute approximate surface area is 103 Å². The number of rotatable bonds is 7. The number of ether oxygens (including phenoxy) is 1. The molecule has 5 heteroatoms. The first-order valence-electron chi connectivity index (χ1n) is 5.84. The Hall–Kier alpha value is -1.10. The smallest absolute Gasteiger partial charge is 0.305 e. The van der Waals surface area contributed by atoms with Crippen molar-refractivity contribution in [3.05, 3.63) is 0 Å². The van der Waals surface area contributed by atoms with Crippen molar-refractivity contribution in [1.82, 2.24) is 5.32 Å². The molecule has 2 atom stereocenters. The van der Waals surface area contributed by atoms with Crippen LogP contribution < -0.4 is 5.32 Å². The molecule has 2 unspecified atom stereocenters. The van der Waals surface area contributed by atoms with Gasteiger partial charge in [0.25, 0.3) is 5.91 Å². The molecule has 100 valence electrons.